The lowest BCUT2D eigenvalue weighted by Crippen LogP contribution is -2.39. The van der Waals surface area contributed by atoms with E-state index in [1.54, 1.807) is 61.5 Å². The molecule has 1 aromatic carbocycles. The van der Waals surface area contributed by atoms with Gasteiger partial charge in [0.25, 0.3) is 0 Å². The monoisotopic (exact) mass is 521 g/mol. The number of hydrogen-bond donors (Lipinski definition) is 1. The molecule has 0 spiro atoms. The van der Waals surface area contributed by atoms with Gasteiger partial charge in [-0.05, 0) is 85.9 Å². The van der Waals surface area contributed by atoms with Crippen molar-refractivity contribution in [3.63, 3.8) is 0 Å². The quantitative estimate of drug-likeness (QED) is 0.330. The Bertz CT molecular complexity index is 958. The van der Waals surface area contributed by atoms with Gasteiger partial charge >= 0.3 is 23.9 Å². The molecule has 0 bridgehead atoms. The number of ether oxygens (including phenoxy) is 4. The lowest BCUT2D eigenvalue weighted by atomic mass is 9.97. The Morgan fingerprint density at radius 3 is 1.86 bits per heavy atom. The normalized spacial score (nSPS) is 14.2. The van der Waals surface area contributed by atoms with Crippen molar-refractivity contribution in [2.75, 3.05) is 0 Å². The third kappa shape index (κ3) is 10.9. The number of esters is 4. The minimum atomic E-state index is -1.03. The molecule has 0 aliphatic rings. The van der Waals surface area contributed by atoms with Gasteiger partial charge in [-0.15, -0.1) is 0 Å². The van der Waals surface area contributed by atoms with E-state index in [0.717, 1.165) is 12.8 Å². The predicted octanol–water partition coefficient (Wildman–Crippen LogP) is 4.51. The van der Waals surface area contributed by atoms with Gasteiger partial charge in [-0.2, -0.15) is 0 Å². The van der Waals surface area contributed by atoms with Gasteiger partial charge in [0, 0.05) is 6.42 Å². The summed E-state index contributed by atoms with van der Waals surface area (Å²) in [4.78, 5) is 49.4. The molecule has 0 heterocycles. The molecule has 1 rings (SSSR count). The van der Waals surface area contributed by atoms with Crippen molar-refractivity contribution in [2.24, 2.45) is 16.6 Å². The first kappa shape index (κ1) is 32.1. The Labute approximate surface area is 220 Å². The maximum Gasteiger partial charge on any atom is 0.323 e. The average Bonchev–Trinajstić information content (AvgIpc) is 2.77. The van der Waals surface area contributed by atoms with E-state index in [9.17, 15) is 19.2 Å². The molecule has 0 aliphatic carbocycles. The highest BCUT2D eigenvalue weighted by Crippen LogP contribution is 2.33. The van der Waals surface area contributed by atoms with Crippen LogP contribution in [-0.2, 0) is 35.1 Å². The van der Waals surface area contributed by atoms with Crippen molar-refractivity contribution in [2.45, 2.75) is 106 Å². The Hall–Kier alpha value is -2.94. The molecule has 37 heavy (non-hydrogen) atoms. The van der Waals surface area contributed by atoms with Crippen LogP contribution < -0.4 is 15.2 Å². The second-order valence-electron chi connectivity index (χ2n) is 11.3. The molecule has 0 aromatic heterocycles. The second kappa shape index (κ2) is 13.6. The summed E-state index contributed by atoms with van der Waals surface area (Å²) in [5.41, 5.74) is 5.09. The number of benzene rings is 1. The van der Waals surface area contributed by atoms with Crippen molar-refractivity contribution in [3.8, 4) is 11.5 Å². The molecular formula is C28H43NO8. The summed E-state index contributed by atoms with van der Waals surface area (Å²) in [6, 6.07) is 3.63. The zero-order valence-electron chi connectivity index (χ0n) is 23.6. The molecule has 9 heteroatoms. The summed E-state index contributed by atoms with van der Waals surface area (Å²) in [6.07, 6.45) is 0.673. The zero-order chi connectivity index (χ0) is 28.6. The number of hydrogen-bond acceptors (Lipinski definition) is 9. The first-order valence-corrected chi connectivity index (χ1v) is 12.7. The molecule has 0 amide bonds. The highest BCUT2D eigenvalue weighted by atomic mass is 16.6. The van der Waals surface area contributed by atoms with Crippen LogP contribution in [-0.4, -0.2) is 42.1 Å². The Balaban J connectivity index is 2.97. The zero-order valence-corrected chi connectivity index (χ0v) is 23.6. The van der Waals surface area contributed by atoms with E-state index in [0.29, 0.717) is 12.0 Å². The van der Waals surface area contributed by atoms with E-state index < -0.39 is 47.0 Å². The molecule has 208 valence electrons. The number of unbranched alkanes of at least 4 members (excludes halogenated alkanes) is 1. The van der Waals surface area contributed by atoms with E-state index in [4.69, 9.17) is 24.7 Å². The summed E-state index contributed by atoms with van der Waals surface area (Å²) in [5, 5.41) is 0. The molecule has 3 atom stereocenters. The van der Waals surface area contributed by atoms with E-state index in [-0.39, 0.29) is 23.9 Å². The van der Waals surface area contributed by atoms with E-state index in [1.807, 2.05) is 6.92 Å². The SMILES string of the molecule is CCCCC(=O)O[C@@H](C)[C@H](C)OC(=O)[C@@H](N)Cc1ccc(OC(=O)C(C)(C)C)c(OC(=O)C(C)(C)C)c1. The smallest absolute Gasteiger partial charge is 0.323 e. The van der Waals surface area contributed by atoms with Gasteiger partial charge in [-0.1, -0.05) is 19.4 Å². The number of rotatable bonds is 11. The van der Waals surface area contributed by atoms with Crippen LogP contribution in [0, 0.1) is 10.8 Å². The summed E-state index contributed by atoms with van der Waals surface area (Å²) < 4.78 is 21.8. The Kier molecular flexibility index (Phi) is 11.8. The minimum absolute atomic E-state index is 0.0524. The fourth-order valence-electron chi connectivity index (χ4n) is 2.74. The number of carbonyl (C=O) groups excluding carboxylic acids is 4. The third-order valence-corrected chi connectivity index (χ3v) is 5.41. The van der Waals surface area contributed by atoms with Gasteiger partial charge in [-0.3, -0.25) is 19.2 Å². The van der Waals surface area contributed by atoms with Crippen LogP contribution in [0.1, 0.15) is 87.1 Å². The molecule has 1 aromatic rings. The summed E-state index contributed by atoms with van der Waals surface area (Å²) in [5.74, 6) is -1.88. The van der Waals surface area contributed by atoms with Gasteiger partial charge in [0.15, 0.2) is 11.5 Å². The number of nitrogens with two attached hydrogens (primary N) is 1. The largest absolute Gasteiger partial charge is 0.459 e. The van der Waals surface area contributed by atoms with Gasteiger partial charge < -0.3 is 24.7 Å². The van der Waals surface area contributed by atoms with Crippen LogP contribution in [0.3, 0.4) is 0 Å². The maximum absolute atomic E-state index is 12.6. The third-order valence-electron chi connectivity index (χ3n) is 5.41. The van der Waals surface area contributed by atoms with Crippen molar-refractivity contribution in [1.29, 1.82) is 0 Å². The van der Waals surface area contributed by atoms with Crippen LogP contribution in [0.4, 0.5) is 0 Å². The maximum atomic E-state index is 12.6. The van der Waals surface area contributed by atoms with E-state index in [2.05, 4.69) is 0 Å². The van der Waals surface area contributed by atoms with Crippen molar-refractivity contribution >= 4 is 23.9 Å². The van der Waals surface area contributed by atoms with Crippen LogP contribution in [0.25, 0.3) is 0 Å². The Morgan fingerprint density at radius 1 is 0.838 bits per heavy atom. The van der Waals surface area contributed by atoms with E-state index >= 15 is 0 Å². The molecule has 2 N–H and O–H groups in total. The molecule has 0 saturated carbocycles. The van der Waals surface area contributed by atoms with Crippen LogP contribution in [0.2, 0.25) is 0 Å². The van der Waals surface area contributed by atoms with Gasteiger partial charge in [-0.25, -0.2) is 0 Å². The van der Waals surface area contributed by atoms with E-state index in [1.165, 1.54) is 12.1 Å². The summed E-state index contributed by atoms with van der Waals surface area (Å²) >= 11 is 0. The molecule has 9 nitrogen and oxygen atoms in total. The van der Waals surface area contributed by atoms with Gasteiger partial charge in [0.05, 0.1) is 10.8 Å². The number of carbonyl (C=O) groups is 4. The van der Waals surface area contributed by atoms with Gasteiger partial charge in [0.1, 0.15) is 18.2 Å². The molecule has 0 radical (unpaired) electrons. The average molecular weight is 522 g/mol. The lowest BCUT2D eigenvalue weighted by molar-refractivity contribution is -0.166. The second-order valence-corrected chi connectivity index (χ2v) is 11.3. The first-order valence-electron chi connectivity index (χ1n) is 12.7. The fraction of sp³-hybridized carbons (Fsp3) is 0.643. The topological polar surface area (TPSA) is 131 Å². The van der Waals surface area contributed by atoms with Gasteiger partial charge in [0.2, 0.25) is 0 Å². The standard InChI is InChI=1S/C28H43NO8/c1-10-11-12-23(30)34-17(2)18(3)35-24(31)20(29)15-19-13-14-21(36-25(32)27(4,5)6)22(16-19)37-26(33)28(7,8)9/h13-14,16-18,20H,10-12,15,29H2,1-9H3/t17-,18-,20-/m0/s1. The lowest BCUT2D eigenvalue weighted by Gasteiger charge is -2.23. The molecule has 0 unspecified atom stereocenters. The van der Waals surface area contributed by atoms with Crippen LogP contribution >= 0.6 is 0 Å². The summed E-state index contributed by atoms with van der Waals surface area (Å²) in [7, 11) is 0. The molecule has 0 fully saturated rings. The highest BCUT2D eigenvalue weighted by molar-refractivity contribution is 5.81. The fourth-order valence-corrected chi connectivity index (χ4v) is 2.74. The van der Waals surface area contributed by atoms with Crippen LogP contribution in [0.5, 0.6) is 11.5 Å². The first-order chi connectivity index (χ1) is 16.9. The van der Waals surface area contributed by atoms with Crippen molar-refractivity contribution in [1.82, 2.24) is 0 Å². The van der Waals surface area contributed by atoms with Crippen LogP contribution in [0.15, 0.2) is 18.2 Å². The molecular weight excluding hydrogens is 478 g/mol. The molecule has 0 saturated heterocycles. The highest BCUT2D eigenvalue weighted by Gasteiger charge is 2.29. The van der Waals surface area contributed by atoms with Crippen molar-refractivity contribution in [3.05, 3.63) is 23.8 Å². The summed E-state index contributed by atoms with van der Waals surface area (Å²) in [6.45, 7) is 15.5. The Morgan fingerprint density at radius 2 is 1.35 bits per heavy atom. The van der Waals surface area contributed by atoms with Crippen molar-refractivity contribution < 1.29 is 38.1 Å². The molecule has 0 aliphatic heterocycles. The predicted molar refractivity (Wildman–Crippen MR) is 139 cm³/mol. The minimum Gasteiger partial charge on any atom is -0.459 e.